The number of fused-ring (bicyclic) bond motifs is 1. The standard InChI is InChI=1S/C26H29N3O7S2/c1-33-15-12-28(13-16-34-2)38(31,32)22-9-6-19(7-10-22)25(30)29(18-21-5-4-14-36-21)26-27-23-17-20(35-3)8-11-24(23)37-26/h4-11,14,17H,12-13,15-16,18H2,1-3H3. The van der Waals surface area contributed by atoms with Crippen LogP contribution in [0.1, 0.15) is 16.1 Å². The Morgan fingerprint density at radius 1 is 1.00 bits per heavy atom. The first-order chi connectivity index (χ1) is 18.4. The molecule has 0 aliphatic heterocycles. The molecule has 2 aromatic heterocycles. The minimum absolute atomic E-state index is 0.0749. The van der Waals surface area contributed by atoms with E-state index in [-0.39, 0.29) is 43.7 Å². The minimum atomic E-state index is -3.81. The second-order valence-electron chi connectivity index (χ2n) is 8.21. The maximum Gasteiger partial charge on any atom is 0.260 e. The van der Waals surface area contributed by atoms with Crippen molar-refractivity contribution in [1.29, 1.82) is 0 Å². The lowest BCUT2D eigenvalue weighted by molar-refractivity contribution is 0.0983. The van der Waals surface area contributed by atoms with Crippen LogP contribution < -0.4 is 9.64 Å². The summed E-state index contributed by atoms with van der Waals surface area (Å²) in [6.45, 7) is 1.01. The summed E-state index contributed by atoms with van der Waals surface area (Å²) in [4.78, 5) is 19.9. The SMILES string of the molecule is COCCN(CCOC)S(=O)(=O)c1ccc(C(=O)N(Cc2ccco2)c2nc3cc(OC)ccc3s2)cc1. The molecule has 0 atom stereocenters. The molecule has 2 heterocycles. The van der Waals surface area contributed by atoms with Crippen LogP contribution in [0.5, 0.6) is 5.75 Å². The van der Waals surface area contributed by atoms with Crippen molar-refractivity contribution >= 4 is 42.6 Å². The van der Waals surface area contributed by atoms with Gasteiger partial charge in [0.15, 0.2) is 5.13 Å². The zero-order chi connectivity index (χ0) is 27.1. The van der Waals surface area contributed by atoms with E-state index in [1.807, 2.05) is 18.2 Å². The number of nitrogens with zero attached hydrogens (tertiary/aromatic N) is 3. The number of amides is 1. The third kappa shape index (κ3) is 6.22. The van der Waals surface area contributed by atoms with Gasteiger partial charge in [0, 0.05) is 38.9 Å². The maximum absolute atomic E-state index is 13.7. The highest BCUT2D eigenvalue weighted by Gasteiger charge is 2.26. The molecule has 4 aromatic rings. The molecule has 0 unspecified atom stereocenters. The van der Waals surface area contributed by atoms with Crippen molar-refractivity contribution in [3.05, 3.63) is 72.2 Å². The fraction of sp³-hybridized carbons (Fsp3) is 0.308. The second kappa shape index (κ2) is 12.5. The van der Waals surface area contributed by atoms with Gasteiger partial charge in [0.25, 0.3) is 5.91 Å². The van der Waals surface area contributed by atoms with Gasteiger partial charge in [-0.25, -0.2) is 13.4 Å². The number of aromatic nitrogens is 1. The van der Waals surface area contributed by atoms with Crippen LogP contribution in [0.25, 0.3) is 10.2 Å². The largest absolute Gasteiger partial charge is 0.497 e. The molecule has 12 heteroatoms. The molecule has 0 bridgehead atoms. The monoisotopic (exact) mass is 559 g/mol. The summed E-state index contributed by atoms with van der Waals surface area (Å²) in [5.74, 6) is 0.911. The zero-order valence-corrected chi connectivity index (χ0v) is 23.0. The van der Waals surface area contributed by atoms with Crippen molar-refractivity contribution in [2.45, 2.75) is 11.4 Å². The molecule has 0 saturated heterocycles. The number of thiazole rings is 1. The molecule has 0 saturated carbocycles. The first-order valence-corrected chi connectivity index (χ1v) is 14.0. The van der Waals surface area contributed by atoms with E-state index in [9.17, 15) is 13.2 Å². The molecule has 38 heavy (non-hydrogen) atoms. The lowest BCUT2D eigenvalue weighted by Gasteiger charge is -2.22. The summed E-state index contributed by atoms with van der Waals surface area (Å²) >= 11 is 1.37. The molecule has 4 rings (SSSR count). The number of anilines is 1. The van der Waals surface area contributed by atoms with Crippen molar-refractivity contribution in [1.82, 2.24) is 9.29 Å². The van der Waals surface area contributed by atoms with Gasteiger partial charge < -0.3 is 18.6 Å². The summed E-state index contributed by atoms with van der Waals surface area (Å²) in [6, 6.07) is 14.9. The van der Waals surface area contributed by atoms with Crippen molar-refractivity contribution < 1.29 is 31.8 Å². The molecule has 0 aliphatic carbocycles. The highest BCUT2D eigenvalue weighted by molar-refractivity contribution is 7.89. The Labute approximate surface area is 225 Å². The number of furan rings is 1. The van der Waals surface area contributed by atoms with E-state index in [0.29, 0.717) is 27.7 Å². The molecular formula is C26H29N3O7S2. The van der Waals surface area contributed by atoms with Crippen molar-refractivity contribution in [2.24, 2.45) is 0 Å². The number of methoxy groups -OCH3 is 3. The molecule has 2 aromatic carbocycles. The van der Waals surface area contributed by atoms with Gasteiger partial charge in [-0.2, -0.15) is 4.31 Å². The van der Waals surface area contributed by atoms with Gasteiger partial charge in [-0.15, -0.1) is 0 Å². The molecule has 0 spiro atoms. The van der Waals surface area contributed by atoms with E-state index < -0.39 is 10.0 Å². The normalized spacial score (nSPS) is 11.8. The molecule has 0 aliphatic rings. The zero-order valence-electron chi connectivity index (χ0n) is 21.3. The number of ether oxygens (including phenoxy) is 3. The number of sulfonamides is 1. The van der Waals surface area contributed by atoms with Gasteiger partial charge in [0.05, 0.1) is 48.2 Å². The van der Waals surface area contributed by atoms with Crippen molar-refractivity contribution in [3.63, 3.8) is 0 Å². The smallest absolute Gasteiger partial charge is 0.260 e. The van der Waals surface area contributed by atoms with Crippen LogP contribution in [-0.2, 0) is 26.0 Å². The number of carbonyl (C=O) groups excluding carboxylic acids is 1. The van der Waals surface area contributed by atoms with Crippen molar-refractivity contribution in [3.8, 4) is 5.75 Å². The van der Waals surface area contributed by atoms with Gasteiger partial charge in [-0.1, -0.05) is 11.3 Å². The Balaban J connectivity index is 1.63. The first-order valence-electron chi connectivity index (χ1n) is 11.7. The Bertz CT molecular complexity index is 1440. The minimum Gasteiger partial charge on any atom is -0.497 e. The molecule has 0 radical (unpaired) electrons. The highest BCUT2D eigenvalue weighted by atomic mass is 32.2. The molecule has 1 amide bonds. The van der Waals surface area contributed by atoms with E-state index in [0.717, 1.165) is 4.70 Å². The molecule has 202 valence electrons. The predicted molar refractivity (Wildman–Crippen MR) is 144 cm³/mol. The van der Waals surface area contributed by atoms with Gasteiger partial charge in [0.1, 0.15) is 11.5 Å². The van der Waals surface area contributed by atoms with Gasteiger partial charge in [-0.05, 0) is 48.5 Å². The number of hydrogen-bond donors (Lipinski definition) is 0. The summed E-state index contributed by atoms with van der Waals surface area (Å²) in [6.07, 6.45) is 1.54. The molecule has 0 fully saturated rings. The average molecular weight is 560 g/mol. The summed E-state index contributed by atoms with van der Waals surface area (Å²) in [5, 5.41) is 0.483. The van der Waals surface area contributed by atoms with E-state index in [4.69, 9.17) is 18.6 Å². The Morgan fingerprint density at radius 3 is 2.32 bits per heavy atom. The molecule has 0 N–H and O–H groups in total. The maximum atomic E-state index is 13.7. The number of hydrogen-bond acceptors (Lipinski definition) is 9. The summed E-state index contributed by atoms with van der Waals surface area (Å²) < 4.78 is 49.6. The number of benzene rings is 2. The van der Waals surface area contributed by atoms with Crippen LogP contribution in [0.15, 0.2) is 70.2 Å². The van der Waals surface area contributed by atoms with E-state index >= 15 is 0 Å². The van der Waals surface area contributed by atoms with E-state index in [1.165, 1.54) is 59.0 Å². The van der Waals surface area contributed by atoms with Crippen LogP contribution >= 0.6 is 11.3 Å². The first kappa shape index (κ1) is 27.7. The van der Waals surface area contributed by atoms with Crippen molar-refractivity contribution in [2.75, 3.05) is 52.5 Å². The Kier molecular flexibility index (Phi) is 9.13. The third-order valence-corrected chi connectivity index (χ3v) is 8.75. The van der Waals surface area contributed by atoms with Crippen LogP contribution in [0, 0.1) is 0 Å². The van der Waals surface area contributed by atoms with E-state index in [2.05, 4.69) is 4.98 Å². The Hall–Kier alpha value is -3.29. The third-order valence-electron chi connectivity index (χ3n) is 5.78. The van der Waals surface area contributed by atoms with Gasteiger partial charge >= 0.3 is 0 Å². The average Bonchev–Trinajstić information content (AvgIpc) is 3.60. The molecular weight excluding hydrogens is 530 g/mol. The van der Waals surface area contributed by atoms with Gasteiger partial charge in [0.2, 0.25) is 10.0 Å². The van der Waals surface area contributed by atoms with Crippen LogP contribution in [0.3, 0.4) is 0 Å². The quantitative estimate of drug-likeness (QED) is 0.241. The lowest BCUT2D eigenvalue weighted by atomic mass is 10.2. The molecule has 10 nitrogen and oxygen atoms in total. The van der Waals surface area contributed by atoms with E-state index in [1.54, 1.807) is 25.5 Å². The fourth-order valence-corrected chi connectivity index (χ4v) is 6.09. The fourth-order valence-electron chi connectivity index (χ4n) is 3.73. The number of rotatable bonds is 13. The van der Waals surface area contributed by atoms with Crippen LogP contribution in [0.4, 0.5) is 5.13 Å². The number of carbonyl (C=O) groups is 1. The highest BCUT2D eigenvalue weighted by Crippen LogP contribution is 2.33. The second-order valence-corrected chi connectivity index (χ2v) is 11.2. The topological polar surface area (TPSA) is 111 Å². The Morgan fingerprint density at radius 2 is 1.71 bits per heavy atom. The van der Waals surface area contributed by atoms with Gasteiger partial charge in [-0.3, -0.25) is 9.69 Å². The van der Waals surface area contributed by atoms with Crippen LogP contribution in [0.2, 0.25) is 0 Å². The summed E-state index contributed by atoms with van der Waals surface area (Å²) in [5.41, 5.74) is 1.02. The predicted octanol–water partition coefficient (Wildman–Crippen LogP) is 4.03. The van der Waals surface area contributed by atoms with Crippen LogP contribution in [-0.4, -0.2) is 71.2 Å². The summed E-state index contributed by atoms with van der Waals surface area (Å²) in [7, 11) is 0.792. The lowest BCUT2D eigenvalue weighted by Crippen LogP contribution is -2.36.